The van der Waals surface area contributed by atoms with E-state index in [0.717, 1.165) is 18.5 Å². The van der Waals surface area contributed by atoms with Gasteiger partial charge in [-0.2, -0.15) is 0 Å². The fraction of sp³-hybridized carbons (Fsp3) is 0. The van der Waals surface area contributed by atoms with Crippen LogP contribution in [0.1, 0.15) is 0 Å². The van der Waals surface area contributed by atoms with Crippen molar-refractivity contribution in [2.45, 2.75) is 0 Å². The molecule has 0 saturated heterocycles. The molecule has 0 radical (unpaired) electrons. The fourth-order valence-electron chi connectivity index (χ4n) is 0.556. The van der Waals surface area contributed by atoms with Crippen molar-refractivity contribution in [3.63, 3.8) is 0 Å². The number of nitrogens with one attached hydrogen (secondary N) is 1. The van der Waals surface area contributed by atoms with Gasteiger partial charge < -0.3 is 0 Å². The van der Waals surface area contributed by atoms with Gasteiger partial charge in [-0.3, -0.25) is 0 Å². The van der Waals surface area contributed by atoms with Gasteiger partial charge >= 0.3 is 58.6 Å². The average Bonchev–Trinajstić information content (AvgIpc) is 1.90. The zero-order valence-electron chi connectivity index (χ0n) is 4.59. The van der Waals surface area contributed by atoms with E-state index in [1.165, 1.54) is 5.69 Å². The number of benzene rings is 1. The molecule has 37 valence electrons. The van der Waals surface area contributed by atoms with E-state index in [0.29, 0.717) is 0 Å². The van der Waals surface area contributed by atoms with Crippen molar-refractivity contribution in [1.29, 1.82) is 0 Å². The molecule has 8 heavy (non-hydrogen) atoms. The average molecular weight is 158 g/mol. The van der Waals surface area contributed by atoms with Crippen molar-refractivity contribution in [3.8, 4) is 0 Å². The molecule has 0 aliphatic heterocycles. The predicted octanol–water partition coefficient (Wildman–Crippen LogP) is 1.56. The molecule has 0 unspecified atom stereocenters. The van der Waals surface area contributed by atoms with Crippen LogP contribution in [0.15, 0.2) is 30.3 Å². The van der Waals surface area contributed by atoms with E-state index >= 15 is 0 Å². The van der Waals surface area contributed by atoms with E-state index in [-0.39, 0.29) is 0 Å². The Hall–Kier alpha value is -0.357. The Balaban J connectivity index is 2.83. The summed E-state index contributed by atoms with van der Waals surface area (Å²) < 4.78 is 3.15. The van der Waals surface area contributed by atoms with Crippen molar-refractivity contribution in [1.82, 2.24) is 0 Å². The molecule has 0 aliphatic carbocycles. The summed E-state index contributed by atoms with van der Waals surface area (Å²) in [6.45, 7) is 0. The van der Waals surface area contributed by atoms with Crippen LogP contribution in [0.5, 0.6) is 0 Å². The van der Waals surface area contributed by atoms with Gasteiger partial charge in [-0.05, 0) is 0 Å². The van der Waals surface area contributed by atoms with E-state index in [1.54, 1.807) is 0 Å². The normalized spacial score (nSPS) is 8.75. The van der Waals surface area contributed by atoms with Gasteiger partial charge in [-0.25, -0.2) is 0 Å². The van der Waals surface area contributed by atoms with Gasteiger partial charge in [0.15, 0.2) is 0 Å². The minimum absolute atomic E-state index is 1.12. The van der Waals surface area contributed by atoms with Crippen LogP contribution in [0.2, 0.25) is 0 Å². The summed E-state index contributed by atoms with van der Waals surface area (Å²) >= 11 is 1.12. The molecule has 0 saturated carbocycles. The molecular formula is C6H6NZn. The monoisotopic (exact) mass is 156 g/mol. The Bertz CT molecular complexity index is 150. The summed E-state index contributed by atoms with van der Waals surface area (Å²) in [5.74, 6) is 0. The number of hydrogen-bond donors (Lipinski definition) is 1. The summed E-state index contributed by atoms with van der Waals surface area (Å²) in [7, 11) is 0. The minimum atomic E-state index is 1.12. The van der Waals surface area contributed by atoms with E-state index in [2.05, 4.69) is 16.2 Å². The molecule has 1 nitrogen and oxygen atoms in total. The second-order valence-electron chi connectivity index (χ2n) is 1.54. The van der Waals surface area contributed by atoms with E-state index < -0.39 is 0 Å². The van der Waals surface area contributed by atoms with Gasteiger partial charge in [0.05, 0.1) is 0 Å². The molecule has 0 bridgehead atoms. The van der Waals surface area contributed by atoms with Crippen molar-refractivity contribution in [2.24, 2.45) is 0 Å². The first kappa shape index (κ1) is 5.77. The maximum absolute atomic E-state index is 3.15. The first-order valence-corrected chi connectivity index (χ1v) is 4.00. The van der Waals surface area contributed by atoms with Gasteiger partial charge in [0.1, 0.15) is 0 Å². The summed E-state index contributed by atoms with van der Waals surface area (Å²) in [6.07, 6.45) is 0. The van der Waals surface area contributed by atoms with E-state index in [1.807, 2.05) is 18.2 Å². The van der Waals surface area contributed by atoms with Crippen molar-refractivity contribution >= 4 is 5.69 Å². The van der Waals surface area contributed by atoms with Gasteiger partial charge in [0, 0.05) is 0 Å². The summed E-state index contributed by atoms with van der Waals surface area (Å²) in [5, 5.41) is 0. The van der Waals surface area contributed by atoms with Crippen LogP contribution in [0.25, 0.3) is 0 Å². The Morgan fingerprint density at radius 2 is 1.75 bits per heavy atom. The molecule has 0 spiro atoms. The molecule has 1 aromatic carbocycles. The standard InChI is InChI=1S/C6H6N.Zn/c7-6-4-2-1-3-5-6;/h1-5,7H;/q-1;+1. The number of anilines is 1. The van der Waals surface area contributed by atoms with Crippen LogP contribution in [-0.4, -0.2) is 0 Å². The predicted molar refractivity (Wildman–Crippen MR) is 30.1 cm³/mol. The summed E-state index contributed by atoms with van der Waals surface area (Å²) in [4.78, 5) is 0. The Morgan fingerprint density at radius 1 is 1.12 bits per heavy atom. The van der Waals surface area contributed by atoms with Crippen LogP contribution in [0.3, 0.4) is 0 Å². The number of hydrogen-bond acceptors (Lipinski definition) is 1. The third kappa shape index (κ3) is 1.31. The molecule has 0 amide bonds. The van der Waals surface area contributed by atoms with Gasteiger partial charge in [0.2, 0.25) is 0 Å². The molecule has 2 heteroatoms. The molecule has 1 N–H and O–H groups in total. The zero-order valence-corrected chi connectivity index (χ0v) is 7.56. The molecule has 0 aromatic heterocycles. The number of para-hydroxylation sites is 1. The van der Waals surface area contributed by atoms with Crippen molar-refractivity contribution in [2.75, 3.05) is 4.06 Å². The van der Waals surface area contributed by atoms with Gasteiger partial charge in [0.25, 0.3) is 0 Å². The number of rotatable bonds is 1. The van der Waals surface area contributed by atoms with Crippen LogP contribution in [0, 0.1) is 0 Å². The SMILES string of the molecule is [Zn][NH]c1ccccc1. The second-order valence-corrected chi connectivity index (χ2v) is 2.28. The molecule has 0 aliphatic rings. The summed E-state index contributed by atoms with van der Waals surface area (Å²) in [5.41, 5.74) is 1.22. The molecule has 0 heterocycles. The molecule has 0 atom stereocenters. The quantitative estimate of drug-likeness (QED) is 0.610. The zero-order chi connectivity index (χ0) is 5.82. The van der Waals surface area contributed by atoms with Crippen LogP contribution in [0.4, 0.5) is 5.69 Å². The molecule has 1 rings (SSSR count). The molecule has 1 aromatic rings. The Morgan fingerprint density at radius 3 is 2.12 bits per heavy atom. The van der Waals surface area contributed by atoms with Crippen LogP contribution >= 0.6 is 0 Å². The van der Waals surface area contributed by atoms with E-state index in [4.69, 9.17) is 0 Å². The van der Waals surface area contributed by atoms with Crippen molar-refractivity contribution in [3.05, 3.63) is 30.3 Å². The third-order valence-corrected chi connectivity index (χ3v) is 1.83. The fourth-order valence-corrected chi connectivity index (χ4v) is 1.05. The van der Waals surface area contributed by atoms with Crippen molar-refractivity contribution < 1.29 is 18.5 Å². The Kier molecular flexibility index (Phi) is 2.04. The maximum atomic E-state index is 3.15. The van der Waals surface area contributed by atoms with Gasteiger partial charge in [-0.15, -0.1) is 0 Å². The van der Waals surface area contributed by atoms with Gasteiger partial charge in [-0.1, -0.05) is 0 Å². The topological polar surface area (TPSA) is 12.0 Å². The molecular weight excluding hydrogens is 151 g/mol. The van der Waals surface area contributed by atoms with Crippen LogP contribution in [-0.2, 0) is 18.5 Å². The first-order chi connectivity index (χ1) is 3.93. The van der Waals surface area contributed by atoms with E-state index in [9.17, 15) is 0 Å². The molecule has 0 fully saturated rings. The second kappa shape index (κ2) is 2.83. The first-order valence-electron chi connectivity index (χ1n) is 2.51. The summed E-state index contributed by atoms with van der Waals surface area (Å²) in [6, 6.07) is 10.2. The van der Waals surface area contributed by atoms with Crippen LogP contribution < -0.4 is 4.06 Å². The Labute approximate surface area is 59.0 Å². The third-order valence-electron chi connectivity index (χ3n) is 0.978.